The first-order valence-corrected chi connectivity index (χ1v) is 4.52. The maximum Gasteiger partial charge on any atom is 0.200 e. The summed E-state index contributed by atoms with van der Waals surface area (Å²) >= 11 is 0. The van der Waals surface area contributed by atoms with Gasteiger partial charge in [0.2, 0.25) is 5.82 Å². The second-order valence-electron chi connectivity index (χ2n) is 2.94. The molecule has 0 N–H and O–H groups in total. The van der Waals surface area contributed by atoms with Crippen LogP contribution in [0.4, 0.5) is 22.0 Å². The highest BCUT2D eigenvalue weighted by Crippen LogP contribution is 2.16. The van der Waals surface area contributed by atoms with E-state index in [0.29, 0.717) is 0 Å². The number of halogens is 5. The highest BCUT2D eigenvalue weighted by Gasteiger charge is 2.18. The highest BCUT2D eigenvalue weighted by atomic mass is 19.2. The van der Waals surface area contributed by atoms with Crippen molar-refractivity contribution < 1.29 is 22.0 Å². The molecule has 90 valence electrons. The number of rotatable bonds is 0. The van der Waals surface area contributed by atoms with Crippen molar-refractivity contribution in [2.45, 2.75) is 0 Å². The summed E-state index contributed by atoms with van der Waals surface area (Å²) in [6, 6.07) is 11.9. The predicted molar refractivity (Wildman–Crippen MR) is 52.7 cm³/mol. The van der Waals surface area contributed by atoms with Crippen LogP contribution in [0, 0.1) is 29.1 Å². The smallest absolute Gasteiger partial charge is 0.200 e. The monoisotopic (exact) mass is 246 g/mol. The Morgan fingerprint density at radius 1 is 0.471 bits per heavy atom. The Labute approximate surface area is 94.3 Å². The van der Waals surface area contributed by atoms with Gasteiger partial charge in [0.15, 0.2) is 23.3 Å². The Hall–Kier alpha value is -1.91. The lowest BCUT2D eigenvalue weighted by Crippen LogP contribution is -1.98. The first kappa shape index (κ1) is 13.2. The largest absolute Gasteiger partial charge is 0.204 e. The van der Waals surface area contributed by atoms with Crippen molar-refractivity contribution in [3.63, 3.8) is 0 Å². The average Bonchev–Trinajstić information content (AvgIpc) is 2.37. The standard InChI is InChI=1S/C6HF5.C6H6/c7-2-1-3(8)5(10)6(11)4(2)9;1-2-4-6-5-3-1/h1H;1-6H. The summed E-state index contributed by atoms with van der Waals surface area (Å²) in [7, 11) is 0. The van der Waals surface area contributed by atoms with Gasteiger partial charge in [-0.2, -0.15) is 0 Å². The second kappa shape index (κ2) is 5.98. The van der Waals surface area contributed by atoms with Crippen LogP contribution in [0.15, 0.2) is 42.5 Å². The maximum absolute atomic E-state index is 12.0. The van der Waals surface area contributed by atoms with Crippen molar-refractivity contribution in [2.75, 3.05) is 0 Å². The molecule has 0 bridgehead atoms. The average molecular weight is 246 g/mol. The second-order valence-corrected chi connectivity index (χ2v) is 2.94. The quantitative estimate of drug-likeness (QED) is 0.373. The Balaban J connectivity index is 0.000000202. The Bertz CT molecular complexity index is 429. The van der Waals surface area contributed by atoms with E-state index in [2.05, 4.69) is 0 Å². The van der Waals surface area contributed by atoms with Gasteiger partial charge in [-0.1, -0.05) is 36.4 Å². The van der Waals surface area contributed by atoms with Gasteiger partial charge in [-0.25, -0.2) is 22.0 Å². The summed E-state index contributed by atoms with van der Waals surface area (Å²) < 4.78 is 60.0. The molecule has 0 aromatic heterocycles. The van der Waals surface area contributed by atoms with E-state index in [1.807, 2.05) is 36.4 Å². The van der Waals surface area contributed by atoms with Crippen LogP contribution in [0.1, 0.15) is 0 Å². The summed E-state index contributed by atoms with van der Waals surface area (Å²) in [5, 5.41) is 0. The zero-order valence-electron chi connectivity index (χ0n) is 8.43. The molecule has 0 saturated carbocycles. The fraction of sp³-hybridized carbons (Fsp3) is 0. The van der Waals surface area contributed by atoms with Gasteiger partial charge in [0.1, 0.15) is 0 Å². The van der Waals surface area contributed by atoms with E-state index >= 15 is 0 Å². The number of hydrogen-bond donors (Lipinski definition) is 0. The Kier molecular flexibility index (Phi) is 4.63. The van der Waals surface area contributed by atoms with Crippen LogP contribution in [0.5, 0.6) is 0 Å². The molecule has 17 heavy (non-hydrogen) atoms. The van der Waals surface area contributed by atoms with Gasteiger partial charge in [-0.3, -0.25) is 0 Å². The van der Waals surface area contributed by atoms with Crippen LogP contribution >= 0.6 is 0 Å². The lowest BCUT2D eigenvalue weighted by Gasteiger charge is -1.96. The van der Waals surface area contributed by atoms with Gasteiger partial charge in [-0.05, 0) is 0 Å². The molecule has 0 atom stereocenters. The van der Waals surface area contributed by atoms with Gasteiger partial charge >= 0.3 is 0 Å². The zero-order chi connectivity index (χ0) is 12.8. The van der Waals surface area contributed by atoms with Crippen molar-refractivity contribution in [1.82, 2.24) is 0 Å². The lowest BCUT2D eigenvalue weighted by molar-refractivity contribution is 0.378. The van der Waals surface area contributed by atoms with Crippen molar-refractivity contribution in [1.29, 1.82) is 0 Å². The molecule has 2 aromatic carbocycles. The van der Waals surface area contributed by atoms with E-state index in [4.69, 9.17) is 0 Å². The summed E-state index contributed by atoms with van der Waals surface area (Å²) in [5.74, 6) is -9.65. The minimum Gasteiger partial charge on any atom is -0.204 e. The van der Waals surface area contributed by atoms with E-state index in [0.717, 1.165) is 0 Å². The maximum atomic E-state index is 12.0. The van der Waals surface area contributed by atoms with Crippen molar-refractivity contribution in [3.8, 4) is 0 Å². The molecule has 0 fully saturated rings. The molecular weight excluding hydrogens is 239 g/mol. The van der Waals surface area contributed by atoms with Crippen molar-refractivity contribution in [2.24, 2.45) is 0 Å². The van der Waals surface area contributed by atoms with Gasteiger partial charge in [0.25, 0.3) is 0 Å². The summed E-state index contributed by atoms with van der Waals surface area (Å²) in [5.41, 5.74) is 0. The first-order chi connectivity index (χ1) is 8.04. The van der Waals surface area contributed by atoms with Crippen molar-refractivity contribution >= 4 is 0 Å². The molecular formula is C12H7F5. The summed E-state index contributed by atoms with van der Waals surface area (Å²) in [6.07, 6.45) is 0. The summed E-state index contributed by atoms with van der Waals surface area (Å²) in [4.78, 5) is 0. The predicted octanol–water partition coefficient (Wildman–Crippen LogP) is 4.07. The third kappa shape index (κ3) is 3.55. The Morgan fingerprint density at radius 3 is 1.06 bits per heavy atom. The van der Waals surface area contributed by atoms with Crippen LogP contribution in [-0.2, 0) is 0 Å². The minimum atomic E-state index is -2.14. The molecule has 0 amide bonds. The van der Waals surface area contributed by atoms with Crippen LogP contribution in [-0.4, -0.2) is 0 Å². The van der Waals surface area contributed by atoms with E-state index in [9.17, 15) is 22.0 Å². The molecule has 0 radical (unpaired) electrons. The summed E-state index contributed by atoms with van der Waals surface area (Å²) in [6.45, 7) is 0. The van der Waals surface area contributed by atoms with Crippen LogP contribution in [0.25, 0.3) is 0 Å². The fourth-order valence-electron chi connectivity index (χ4n) is 0.929. The molecule has 0 aliphatic rings. The third-order valence-corrected chi connectivity index (χ3v) is 1.72. The highest BCUT2D eigenvalue weighted by molar-refractivity contribution is 5.12. The number of hydrogen-bond acceptors (Lipinski definition) is 0. The van der Waals surface area contributed by atoms with Crippen LogP contribution in [0.3, 0.4) is 0 Å². The fourth-order valence-corrected chi connectivity index (χ4v) is 0.929. The van der Waals surface area contributed by atoms with E-state index in [1.165, 1.54) is 0 Å². The molecule has 2 aromatic rings. The van der Waals surface area contributed by atoms with E-state index < -0.39 is 29.1 Å². The SMILES string of the molecule is Fc1cc(F)c(F)c(F)c1F.c1ccccc1. The molecule has 0 heterocycles. The molecule has 0 aliphatic heterocycles. The molecule has 2 rings (SSSR count). The molecule has 0 aliphatic carbocycles. The minimum absolute atomic E-state index is 0.0618. The topological polar surface area (TPSA) is 0 Å². The molecule has 0 unspecified atom stereocenters. The van der Waals surface area contributed by atoms with E-state index in [-0.39, 0.29) is 6.07 Å². The van der Waals surface area contributed by atoms with Crippen LogP contribution < -0.4 is 0 Å². The van der Waals surface area contributed by atoms with Gasteiger partial charge in [0, 0.05) is 6.07 Å². The Morgan fingerprint density at radius 2 is 0.765 bits per heavy atom. The molecule has 5 heteroatoms. The zero-order valence-corrected chi connectivity index (χ0v) is 8.43. The van der Waals surface area contributed by atoms with Gasteiger partial charge in [-0.15, -0.1) is 0 Å². The van der Waals surface area contributed by atoms with Gasteiger partial charge in [0.05, 0.1) is 0 Å². The number of benzene rings is 2. The lowest BCUT2D eigenvalue weighted by atomic mass is 10.3. The first-order valence-electron chi connectivity index (χ1n) is 4.52. The molecule has 0 nitrogen and oxygen atoms in total. The van der Waals surface area contributed by atoms with Gasteiger partial charge < -0.3 is 0 Å². The van der Waals surface area contributed by atoms with Crippen molar-refractivity contribution in [3.05, 3.63) is 71.6 Å². The normalized spacial score (nSPS) is 9.47. The third-order valence-electron chi connectivity index (χ3n) is 1.72. The molecule has 0 spiro atoms. The van der Waals surface area contributed by atoms with E-state index in [1.54, 1.807) is 0 Å². The van der Waals surface area contributed by atoms with Crippen LogP contribution in [0.2, 0.25) is 0 Å². The molecule has 0 saturated heterocycles.